The molecule has 3 aromatic rings. The summed E-state index contributed by atoms with van der Waals surface area (Å²) in [5.41, 5.74) is 2.80. The van der Waals surface area contributed by atoms with Crippen LogP contribution in [0.3, 0.4) is 0 Å². The van der Waals surface area contributed by atoms with Gasteiger partial charge in [0.2, 0.25) is 5.88 Å². The highest BCUT2D eigenvalue weighted by atomic mass is 16.5. The van der Waals surface area contributed by atoms with Crippen LogP contribution in [0.1, 0.15) is 25.2 Å². The molecule has 0 unspecified atom stereocenters. The van der Waals surface area contributed by atoms with E-state index in [0.717, 1.165) is 41.6 Å². The summed E-state index contributed by atoms with van der Waals surface area (Å²) in [6.45, 7) is 11.6. The van der Waals surface area contributed by atoms with Gasteiger partial charge < -0.3 is 23.7 Å². The number of hydrogen-bond acceptors (Lipinski definition) is 7. The average Bonchev–Trinajstić information content (AvgIpc) is 3.46. The predicted octanol–water partition coefficient (Wildman–Crippen LogP) is 4.35. The van der Waals surface area contributed by atoms with Crippen molar-refractivity contribution >= 4 is 5.88 Å². The number of hydrogen-bond donors (Lipinski definition) is 1. The summed E-state index contributed by atoms with van der Waals surface area (Å²) in [7, 11) is 0. The Morgan fingerprint density at radius 1 is 1.12 bits per heavy atom. The lowest BCUT2D eigenvalue weighted by atomic mass is 10.1. The van der Waals surface area contributed by atoms with Crippen LogP contribution in [0, 0.1) is 0 Å². The fourth-order valence-electron chi connectivity index (χ4n) is 3.69. The van der Waals surface area contributed by atoms with Crippen LogP contribution in [0.5, 0.6) is 0 Å². The molecule has 0 radical (unpaired) electrons. The molecule has 0 saturated carbocycles. The van der Waals surface area contributed by atoms with Crippen LogP contribution in [-0.2, 0) is 17.8 Å². The first kappa shape index (κ1) is 23.8. The number of benzene rings is 1. The highest BCUT2D eigenvalue weighted by Crippen LogP contribution is 2.32. The van der Waals surface area contributed by atoms with Crippen molar-refractivity contribution in [3.63, 3.8) is 0 Å². The summed E-state index contributed by atoms with van der Waals surface area (Å²) >= 11 is 0. The molecule has 0 saturated heterocycles. The van der Waals surface area contributed by atoms with Crippen molar-refractivity contribution in [2.45, 2.75) is 33.0 Å². The van der Waals surface area contributed by atoms with Crippen LogP contribution < -0.4 is 4.90 Å². The second-order valence-corrected chi connectivity index (χ2v) is 7.58. The van der Waals surface area contributed by atoms with Gasteiger partial charge in [-0.1, -0.05) is 41.6 Å². The first-order valence-corrected chi connectivity index (χ1v) is 11.1. The molecule has 32 heavy (non-hydrogen) atoms. The Labute approximate surface area is 189 Å². The maximum absolute atomic E-state index is 10.6. The molecule has 0 bridgehead atoms. The van der Waals surface area contributed by atoms with Gasteiger partial charge in [-0.15, -0.1) is 6.58 Å². The molecule has 0 amide bonds. The maximum atomic E-state index is 10.6. The number of rotatable bonds is 14. The number of aliphatic hydroxyl groups is 1. The van der Waals surface area contributed by atoms with Gasteiger partial charge in [0, 0.05) is 31.7 Å². The van der Waals surface area contributed by atoms with Gasteiger partial charge in [0.15, 0.2) is 0 Å². The van der Waals surface area contributed by atoms with Crippen LogP contribution in [0.4, 0.5) is 5.88 Å². The van der Waals surface area contributed by atoms with Crippen molar-refractivity contribution in [3.05, 3.63) is 72.7 Å². The molecule has 0 aliphatic rings. The molecule has 172 valence electrons. The molecular formula is C25H33N3O4. The number of anilines is 1. The number of nitrogens with zero attached hydrogens (tertiary/aromatic N) is 3. The zero-order valence-corrected chi connectivity index (χ0v) is 18.9. The van der Waals surface area contributed by atoms with Gasteiger partial charge in [-0.25, -0.2) is 0 Å². The highest BCUT2D eigenvalue weighted by Gasteiger charge is 2.25. The Kier molecular flexibility index (Phi) is 9.10. The molecule has 1 aromatic carbocycles. The Bertz CT molecular complexity index is 920. The topological polar surface area (TPSA) is 75.1 Å². The van der Waals surface area contributed by atoms with Gasteiger partial charge in [0.25, 0.3) is 0 Å². The van der Waals surface area contributed by atoms with Crippen molar-refractivity contribution in [2.24, 2.45) is 0 Å². The van der Waals surface area contributed by atoms with Crippen molar-refractivity contribution in [2.75, 3.05) is 37.7 Å². The van der Waals surface area contributed by atoms with Crippen LogP contribution >= 0.6 is 0 Å². The molecule has 0 fully saturated rings. The molecule has 0 spiro atoms. The molecule has 1 atom stereocenters. The van der Waals surface area contributed by atoms with Crippen molar-refractivity contribution in [3.8, 4) is 11.3 Å². The second kappa shape index (κ2) is 12.2. The third-order valence-electron chi connectivity index (χ3n) is 5.22. The van der Waals surface area contributed by atoms with E-state index in [2.05, 4.69) is 35.4 Å². The minimum absolute atomic E-state index is 0.235. The largest absolute Gasteiger partial charge is 0.468 e. The fourth-order valence-corrected chi connectivity index (χ4v) is 3.69. The lowest BCUT2D eigenvalue weighted by molar-refractivity contribution is 0.0216. The zero-order valence-electron chi connectivity index (χ0n) is 18.9. The standard InChI is InChI=1S/C25H33N3O4/c1-4-14-30-19-21(29)16-27(17-22-13-10-15-31-22)18-23-24(20-11-8-7-9-12-20)26-32-25(23)28(5-2)6-3/h4,7-13,15,21,29H,1,5-6,14,16-19H2,2-3H3/t21-/m1/s1. The van der Waals surface area contributed by atoms with Crippen molar-refractivity contribution in [1.82, 2.24) is 10.1 Å². The predicted molar refractivity (Wildman–Crippen MR) is 125 cm³/mol. The van der Waals surface area contributed by atoms with E-state index < -0.39 is 6.10 Å². The number of furan rings is 1. The molecule has 7 nitrogen and oxygen atoms in total. The molecule has 0 aliphatic heterocycles. The van der Waals surface area contributed by atoms with Crippen LogP contribution in [-0.4, -0.2) is 54.1 Å². The van der Waals surface area contributed by atoms with E-state index in [1.54, 1.807) is 12.3 Å². The third-order valence-corrected chi connectivity index (χ3v) is 5.22. The Morgan fingerprint density at radius 2 is 1.91 bits per heavy atom. The molecule has 7 heteroatoms. The van der Waals surface area contributed by atoms with Gasteiger partial charge in [-0.05, 0) is 26.0 Å². The molecule has 2 aromatic heterocycles. The van der Waals surface area contributed by atoms with E-state index in [1.165, 1.54) is 0 Å². The molecule has 0 aliphatic carbocycles. The van der Waals surface area contributed by atoms with Gasteiger partial charge in [-0.2, -0.15) is 0 Å². The normalized spacial score (nSPS) is 12.2. The maximum Gasteiger partial charge on any atom is 0.232 e. The molecule has 1 N–H and O–H groups in total. The Morgan fingerprint density at radius 3 is 2.56 bits per heavy atom. The molecule has 2 heterocycles. The summed E-state index contributed by atoms with van der Waals surface area (Å²) in [6.07, 6.45) is 2.68. The summed E-state index contributed by atoms with van der Waals surface area (Å²) in [4.78, 5) is 4.29. The van der Waals surface area contributed by atoms with E-state index in [-0.39, 0.29) is 6.61 Å². The van der Waals surface area contributed by atoms with E-state index >= 15 is 0 Å². The zero-order chi connectivity index (χ0) is 22.8. The van der Waals surface area contributed by atoms with E-state index in [0.29, 0.717) is 26.2 Å². The van der Waals surface area contributed by atoms with Crippen LogP contribution in [0.25, 0.3) is 11.3 Å². The van der Waals surface area contributed by atoms with Gasteiger partial charge in [0.05, 0.1) is 37.7 Å². The number of ether oxygens (including phenoxy) is 1. The minimum atomic E-state index is -0.651. The van der Waals surface area contributed by atoms with E-state index in [4.69, 9.17) is 13.7 Å². The van der Waals surface area contributed by atoms with Crippen LogP contribution in [0.2, 0.25) is 0 Å². The third kappa shape index (κ3) is 6.32. The summed E-state index contributed by atoms with van der Waals surface area (Å²) in [5.74, 6) is 1.59. The van der Waals surface area contributed by atoms with E-state index in [9.17, 15) is 5.11 Å². The van der Waals surface area contributed by atoms with Crippen molar-refractivity contribution in [1.29, 1.82) is 0 Å². The first-order valence-electron chi connectivity index (χ1n) is 11.1. The smallest absolute Gasteiger partial charge is 0.232 e. The van der Waals surface area contributed by atoms with Gasteiger partial charge >= 0.3 is 0 Å². The van der Waals surface area contributed by atoms with Crippen LogP contribution in [0.15, 0.2) is 70.3 Å². The first-order chi connectivity index (χ1) is 15.7. The van der Waals surface area contributed by atoms with Crippen molar-refractivity contribution < 1.29 is 18.8 Å². The quantitative estimate of drug-likeness (QED) is 0.296. The lowest BCUT2D eigenvalue weighted by Gasteiger charge is -2.26. The summed E-state index contributed by atoms with van der Waals surface area (Å²) in [6, 6.07) is 13.8. The second-order valence-electron chi connectivity index (χ2n) is 7.58. The molecule has 3 rings (SSSR count). The fraction of sp³-hybridized carbons (Fsp3) is 0.400. The SMILES string of the molecule is C=CCOC[C@H](O)CN(Cc1ccco1)Cc1c(-c2ccccc2)noc1N(CC)CC. The minimum Gasteiger partial charge on any atom is -0.468 e. The number of aromatic nitrogens is 1. The summed E-state index contributed by atoms with van der Waals surface area (Å²) < 4.78 is 16.9. The highest BCUT2D eigenvalue weighted by molar-refractivity contribution is 5.68. The number of aliphatic hydroxyl groups excluding tert-OH is 1. The molecular weight excluding hydrogens is 406 g/mol. The van der Waals surface area contributed by atoms with E-state index in [1.807, 2.05) is 42.5 Å². The lowest BCUT2D eigenvalue weighted by Crippen LogP contribution is -2.35. The van der Waals surface area contributed by atoms with Gasteiger partial charge in [-0.3, -0.25) is 4.90 Å². The summed E-state index contributed by atoms with van der Waals surface area (Å²) in [5, 5.41) is 15.0. The Balaban J connectivity index is 1.90. The Hall–Kier alpha value is -2.87. The average molecular weight is 440 g/mol. The monoisotopic (exact) mass is 439 g/mol. The van der Waals surface area contributed by atoms with Gasteiger partial charge in [0.1, 0.15) is 11.5 Å².